The van der Waals surface area contributed by atoms with Crippen molar-refractivity contribution in [3.8, 4) is 0 Å². The molecule has 0 aromatic rings. The second kappa shape index (κ2) is 2.82. The second-order valence-corrected chi connectivity index (χ2v) is 4.36. The number of nitrogens with zero attached hydrogens (tertiary/aromatic N) is 1. The van der Waals surface area contributed by atoms with Crippen LogP contribution in [-0.4, -0.2) is 39.1 Å². The fourth-order valence-corrected chi connectivity index (χ4v) is 2.24. The van der Waals surface area contributed by atoms with Crippen LogP contribution < -0.4 is 0 Å². The van der Waals surface area contributed by atoms with Crippen LogP contribution >= 0.6 is 0 Å². The third-order valence-corrected chi connectivity index (χ3v) is 3.49. The summed E-state index contributed by atoms with van der Waals surface area (Å²) in [7, 11) is 0. The van der Waals surface area contributed by atoms with Crippen LogP contribution in [0.3, 0.4) is 0 Å². The van der Waals surface area contributed by atoms with Gasteiger partial charge in [0, 0.05) is 11.8 Å². The van der Waals surface area contributed by atoms with Gasteiger partial charge in [-0.3, -0.25) is 4.79 Å². The predicted molar refractivity (Wildman–Crippen MR) is 50.8 cm³/mol. The smallest absolute Gasteiger partial charge is 0.352 e. The highest BCUT2D eigenvalue weighted by atomic mass is 16.4. The number of carbonyl (C=O) groups excluding carboxylic acids is 1. The van der Waals surface area contributed by atoms with Crippen molar-refractivity contribution < 1.29 is 19.8 Å². The zero-order valence-corrected chi connectivity index (χ0v) is 8.60. The van der Waals surface area contributed by atoms with Gasteiger partial charge in [-0.1, -0.05) is 6.92 Å². The first kappa shape index (κ1) is 10.2. The van der Waals surface area contributed by atoms with Gasteiger partial charge in [0.2, 0.25) is 5.91 Å². The molecule has 0 radical (unpaired) electrons. The lowest BCUT2D eigenvalue weighted by Gasteiger charge is -2.44. The van der Waals surface area contributed by atoms with Crippen molar-refractivity contribution in [3.63, 3.8) is 0 Å². The Labute approximate surface area is 87.0 Å². The average Bonchev–Trinajstić information content (AvgIpc) is 2.36. The van der Waals surface area contributed by atoms with E-state index in [2.05, 4.69) is 0 Å². The number of β-lactam (4-membered cyclic amide) rings is 1. The Morgan fingerprint density at radius 2 is 2.33 bits per heavy atom. The van der Waals surface area contributed by atoms with Crippen LogP contribution in [-0.2, 0) is 9.59 Å². The number of hydrogen-bond acceptors (Lipinski definition) is 3. The number of carboxylic acid groups (broad SMARTS) is 1. The van der Waals surface area contributed by atoms with Gasteiger partial charge in [-0.05, 0) is 13.0 Å². The first-order chi connectivity index (χ1) is 6.88. The third-order valence-electron chi connectivity index (χ3n) is 3.49. The van der Waals surface area contributed by atoms with Gasteiger partial charge in [0.25, 0.3) is 0 Å². The summed E-state index contributed by atoms with van der Waals surface area (Å²) in [6.45, 7) is 3.39. The fourth-order valence-electron chi connectivity index (χ4n) is 2.24. The number of amides is 1. The highest BCUT2D eigenvalue weighted by Gasteiger charge is 2.56. The zero-order valence-electron chi connectivity index (χ0n) is 8.60. The predicted octanol–water partition coefficient (Wildman–Crippen LogP) is -0.0435. The molecule has 1 unspecified atom stereocenters. The monoisotopic (exact) mass is 211 g/mol. The Kier molecular flexibility index (Phi) is 1.91. The number of aliphatic hydroxyl groups is 1. The lowest BCUT2D eigenvalue weighted by atomic mass is 9.75. The molecule has 82 valence electrons. The summed E-state index contributed by atoms with van der Waals surface area (Å²) in [5.41, 5.74) is -0.638. The Morgan fingerprint density at radius 3 is 2.67 bits per heavy atom. The number of aliphatic carboxylic acids is 1. The van der Waals surface area contributed by atoms with Gasteiger partial charge in [-0.15, -0.1) is 0 Å². The molecule has 5 heteroatoms. The van der Waals surface area contributed by atoms with Crippen LogP contribution in [0.2, 0.25) is 0 Å². The van der Waals surface area contributed by atoms with Gasteiger partial charge in [0.15, 0.2) is 0 Å². The van der Waals surface area contributed by atoms with E-state index in [4.69, 9.17) is 5.11 Å². The maximum atomic E-state index is 11.3. The Bertz CT molecular complexity index is 374. The maximum Gasteiger partial charge on any atom is 0.352 e. The summed E-state index contributed by atoms with van der Waals surface area (Å²) in [5, 5.41) is 18.6. The number of carboxylic acids is 1. The molecule has 2 rings (SSSR count). The zero-order chi connectivity index (χ0) is 11.4. The van der Waals surface area contributed by atoms with Gasteiger partial charge in [0.1, 0.15) is 5.70 Å². The summed E-state index contributed by atoms with van der Waals surface area (Å²) in [4.78, 5) is 23.5. The van der Waals surface area contributed by atoms with Crippen LogP contribution in [0, 0.1) is 5.41 Å². The third kappa shape index (κ3) is 1.13. The van der Waals surface area contributed by atoms with Gasteiger partial charge < -0.3 is 15.1 Å². The molecule has 1 amide bonds. The standard InChI is InChI=1S/C10H13NO4/c1-5(12)10(2)4-6(9(14)15)11-7(10)3-8(11)13/h4-5,7,12H,3H2,1-2H3,(H,14,15)/t5-,7+,10?/m1/s1. The van der Waals surface area contributed by atoms with E-state index in [1.165, 1.54) is 11.0 Å². The molecule has 2 N–H and O–H groups in total. The topological polar surface area (TPSA) is 77.8 Å². The number of fused-ring (bicyclic) bond motifs is 1. The summed E-state index contributed by atoms with van der Waals surface area (Å²) >= 11 is 0. The summed E-state index contributed by atoms with van der Waals surface area (Å²) in [5.74, 6) is -1.30. The summed E-state index contributed by atoms with van der Waals surface area (Å²) in [6, 6.07) is -0.198. The minimum absolute atomic E-state index is 0.000324. The second-order valence-electron chi connectivity index (χ2n) is 4.36. The molecule has 0 spiro atoms. The van der Waals surface area contributed by atoms with Crippen LogP contribution in [0.4, 0.5) is 0 Å². The molecule has 0 aromatic carbocycles. The van der Waals surface area contributed by atoms with Gasteiger partial charge in [0.05, 0.1) is 12.1 Å². The van der Waals surface area contributed by atoms with E-state index in [-0.39, 0.29) is 17.6 Å². The van der Waals surface area contributed by atoms with E-state index in [9.17, 15) is 14.7 Å². The van der Waals surface area contributed by atoms with Crippen molar-refractivity contribution in [2.75, 3.05) is 0 Å². The molecule has 0 saturated carbocycles. The fraction of sp³-hybridized carbons (Fsp3) is 0.600. The van der Waals surface area contributed by atoms with Crippen LogP contribution in [0.25, 0.3) is 0 Å². The van der Waals surface area contributed by atoms with Crippen molar-refractivity contribution in [2.45, 2.75) is 32.4 Å². The highest BCUT2D eigenvalue weighted by Crippen LogP contribution is 2.47. The Morgan fingerprint density at radius 1 is 1.73 bits per heavy atom. The van der Waals surface area contributed by atoms with E-state index in [0.717, 1.165) is 0 Å². The van der Waals surface area contributed by atoms with Crippen molar-refractivity contribution in [1.82, 2.24) is 4.90 Å². The molecule has 15 heavy (non-hydrogen) atoms. The molecule has 1 saturated heterocycles. The minimum Gasteiger partial charge on any atom is -0.477 e. The highest BCUT2D eigenvalue weighted by molar-refractivity contribution is 5.98. The average molecular weight is 211 g/mol. The lowest BCUT2D eigenvalue weighted by Crippen LogP contribution is -2.57. The molecule has 0 aromatic heterocycles. The molecule has 2 aliphatic rings. The molecule has 5 nitrogen and oxygen atoms in total. The number of hydrogen-bond donors (Lipinski definition) is 2. The Balaban J connectivity index is 2.40. The molecule has 0 bridgehead atoms. The summed E-state index contributed by atoms with van der Waals surface area (Å²) in [6.07, 6.45) is 1.14. The van der Waals surface area contributed by atoms with Crippen molar-refractivity contribution in [1.29, 1.82) is 0 Å². The molecular formula is C10H13NO4. The van der Waals surface area contributed by atoms with E-state index >= 15 is 0 Å². The van der Waals surface area contributed by atoms with Gasteiger partial charge in [-0.25, -0.2) is 4.79 Å². The Hall–Kier alpha value is -1.36. The molecule has 3 atom stereocenters. The molecule has 1 fully saturated rings. The number of aliphatic hydroxyl groups excluding tert-OH is 1. The quantitative estimate of drug-likeness (QED) is 0.628. The summed E-state index contributed by atoms with van der Waals surface area (Å²) < 4.78 is 0. The first-order valence-electron chi connectivity index (χ1n) is 4.84. The van der Waals surface area contributed by atoms with E-state index in [1.807, 2.05) is 0 Å². The van der Waals surface area contributed by atoms with E-state index in [0.29, 0.717) is 6.42 Å². The lowest BCUT2D eigenvalue weighted by molar-refractivity contribution is -0.152. The van der Waals surface area contributed by atoms with E-state index in [1.54, 1.807) is 13.8 Å². The minimum atomic E-state index is -1.11. The SMILES string of the molecule is C[C@@H](O)C1(C)C=C(C(=O)O)N2C(=O)C[C@H]21. The number of rotatable bonds is 2. The largest absolute Gasteiger partial charge is 0.477 e. The van der Waals surface area contributed by atoms with Crippen molar-refractivity contribution >= 4 is 11.9 Å². The number of carbonyl (C=O) groups is 2. The molecule has 2 aliphatic heterocycles. The molecular weight excluding hydrogens is 198 g/mol. The van der Waals surface area contributed by atoms with Crippen LogP contribution in [0.1, 0.15) is 20.3 Å². The van der Waals surface area contributed by atoms with Crippen molar-refractivity contribution in [3.05, 3.63) is 11.8 Å². The normalized spacial score (nSPS) is 35.7. The van der Waals surface area contributed by atoms with Gasteiger partial charge in [-0.2, -0.15) is 0 Å². The van der Waals surface area contributed by atoms with Gasteiger partial charge >= 0.3 is 5.97 Å². The maximum absolute atomic E-state index is 11.3. The molecule has 0 aliphatic carbocycles. The van der Waals surface area contributed by atoms with Crippen LogP contribution in [0.5, 0.6) is 0 Å². The van der Waals surface area contributed by atoms with Crippen molar-refractivity contribution in [2.24, 2.45) is 5.41 Å². The first-order valence-corrected chi connectivity index (χ1v) is 4.84. The molecule has 2 heterocycles. The van der Waals surface area contributed by atoms with Crippen LogP contribution in [0.15, 0.2) is 11.8 Å². The van der Waals surface area contributed by atoms with E-state index < -0.39 is 17.5 Å².